The maximum absolute atomic E-state index is 11.9. The highest BCUT2D eigenvalue weighted by atomic mass is 127. The number of nitrogens with zero attached hydrogens (tertiary/aromatic N) is 3. The average Bonchev–Trinajstić information content (AvgIpc) is 2.77. The lowest BCUT2D eigenvalue weighted by molar-refractivity contribution is 0.0963. The van der Waals surface area contributed by atoms with Crippen LogP contribution < -0.4 is 10.6 Å². The number of carbonyl (C=O) groups is 1. The lowest BCUT2D eigenvalue weighted by Gasteiger charge is -2.35. The van der Waals surface area contributed by atoms with Gasteiger partial charge in [-0.25, -0.2) is 4.79 Å². The predicted octanol–water partition coefficient (Wildman–Crippen LogP) is 4.07. The molecule has 2 unspecified atom stereocenters. The number of nitrogens with one attached hydrogen (secondary N) is 2. The van der Waals surface area contributed by atoms with E-state index in [0.717, 1.165) is 43.7 Å². The van der Waals surface area contributed by atoms with Crippen LogP contribution >= 0.6 is 24.0 Å². The first-order valence-electron chi connectivity index (χ1n) is 12.2. The van der Waals surface area contributed by atoms with Gasteiger partial charge < -0.3 is 20.3 Å². The van der Waals surface area contributed by atoms with E-state index < -0.39 is 0 Å². The molecule has 1 aromatic rings. The number of hydrogen-bond donors (Lipinski definition) is 2. The summed E-state index contributed by atoms with van der Waals surface area (Å²) in [6, 6.07) is 9.24. The normalized spacial score (nSPS) is 22.4. The summed E-state index contributed by atoms with van der Waals surface area (Å²) in [7, 11) is 1.80. The fourth-order valence-corrected chi connectivity index (χ4v) is 4.94. The summed E-state index contributed by atoms with van der Waals surface area (Å²) in [5.41, 5.74) is 2.63. The van der Waals surface area contributed by atoms with Crippen LogP contribution in [0.25, 0.3) is 0 Å². The van der Waals surface area contributed by atoms with Gasteiger partial charge in [-0.1, -0.05) is 38.1 Å². The number of carbonyl (C=O) groups excluding carboxylic acids is 1. The molecule has 2 heterocycles. The van der Waals surface area contributed by atoms with E-state index in [0.29, 0.717) is 25.7 Å². The summed E-state index contributed by atoms with van der Waals surface area (Å²) >= 11 is 0. The second-order valence-corrected chi connectivity index (χ2v) is 9.49. The minimum atomic E-state index is -0.207. The third kappa shape index (κ3) is 8.96. The van der Waals surface area contributed by atoms with Crippen LogP contribution in [0.3, 0.4) is 0 Å². The summed E-state index contributed by atoms with van der Waals surface area (Å²) in [4.78, 5) is 20.6. The Labute approximate surface area is 216 Å². The molecule has 186 valence electrons. The summed E-state index contributed by atoms with van der Waals surface area (Å²) in [6.45, 7) is 12.6. The first-order valence-corrected chi connectivity index (χ1v) is 12.2. The smallest absolute Gasteiger partial charge is 0.409 e. The van der Waals surface area contributed by atoms with Crippen LogP contribution in [0.15, 0.2) is 29.3 Å². The Morgan fingerprint density at radius 1 is 1.09 bits per heavy atom. The molecule has 33 heavy (non-hydrogen) atoms. The minimum Gasteiger partial charge on any atom is -0.450 e. The number of likely N-dealkylation sites (tertiary alicyclic amines) is 2. The fraction of sp³-hybridized carbons (Fsp3) is 0.680. The summed E-state index contributed by atoms with van der Waals surface area (Å²) < 4.78 is 5.09. The van der Waals surface area contributed by atoms with Crippen molar-refractivity contribution >= 4 is 36.0 Å². The second kappa shape index (κ2) is 14.0. The van der Waals surface area contributed by atoms with E-state index in [1.165, 1.54) is 30.6 Å². The van der Waals surface area contributed by atoms with Gasteiger partial charge >= 0.3 is 6.09 Å². The number of benzene rings is 1. The van der Waals surface area contributed by atoms with Gasteiger partial charge in [0, 0.05) is 52.4 Å². The van der Waals surface area contributed by atoms with Crippen LogP contribution in [0, 0.1) is 11.8 Å². The van der Waals surface area contributed by atoms with Gasteiger partial charge in [-0.05, 0) is 49.1 Å². The zero-order valence-corrected chi connectivity index (χ0v) is 23.0. The van der Waals surface area contributed by atoms with E-state index in [1.807, 2.05) is 6.92 Å². The fourth-order valence-electron chi connectivity index (χ4n) is 4.94. The van der Waals surface area contributed by atoms with Crippen LogP contribution in [0.5, 0.6) is 0 Å². The number of guanidine groups is 1. The quantitative estimate of drug-likeness (QED) is 0.306. The molecule has 8 heteroatoms. The van der Waals surface area contributed by atoms with Gasteiger partial charge in [-0.2, -0.15) is 0 Å². The highest BCUT2D eigenvalue weighted by Crippen LogP contribution is 2.22. The first kappa shape index (κ1) is 27.7. The summed E-state index contributed by atoms with van der Waals surface area (Å²) in [6.07, 6.45) is 2.92. The molecule has 3 rings (SSSR count). The number of hydrogen-bond acceptors (Lipinski definition) is 4. The number of amides is 1. The maximum Gasteiger partial charge on any atom is 0.409 e. The summed E-state index contributed by atoms with van der Waals surface area (Å²) in [5.74, 6) is 2.39. The van der Waals surface area contributed by atoms with Gasteiger partial charge in [0.25, 0.3) is 0 Å². The van der Waals surface area contributed by atoms with Crippen molar-refractivity contribution in [3.05, 3.63) is 35.4 Å². The van der Waals surface area contributed by atoms with E-state index in [9.17, 15) is 4.79 Å². The van der Waals surface area contributed by atoms with Crippen molar-refractivity contribution in [2.24, 2.45) is 16.8 Å². The molecule has 2 saturated heterocycles. The highest BCUT2D eigenvalue weighted by Gasteiger charge is 2.24. The van der Waals surface area contributed by atoms with Crippen molar-refractivity contribution in [3.8, 4) is 0 Å². The van der Waals surface area contributed by atoms with Crippen LogP contribution in [0.1, 0.15) is 51.2 Å². The summed E-state index contributed by atoms with van der Waals surface area (Å²) in [5, 5.41) is 6.92. The Hall–Kier alpha value is -1.55. The van der Waals surface area contributed by atoms with Gasteiger partial charge in [0.1, 0.15) is 0 Å². The molecule has 2 atom stereocenters. The van der Waals surface area contributed by atoms with Crippen molar-refractivity contribution in [2.45, 2.75) is 59.2 Å². The second-order valence-electron chi connectivity index (χ2n) is 9.49. The predicted molar refractivity (Wildman–Crippen MR) is 145 cm³/mol. The molecule has 0 aliphatic carbocycles. The van der Waals surface area contributed by atoms with E-state index in [-0.39, 0.29) is 30.1 Å². The van der Waals surface area contributed by atoms with Gasteiger partial charge in [0.05, 0.1) is 6.61 Å². The molecule has 0 aromatic heterocycles. The van der Waals surface area contributed by atoms with Gasteiger partial charge in [0.2, 0.25) is 0 Å². The van der Waals surface area contributed by atoms with Crippen molar-refractivity contribution in [2.75, 3.05) is 39.8 Å². The standard InChI is InChI=1S/C25H41N5O2.HI/c1-5-32-25(31)30-12-10-23(11-13-30)28-24(26-4)27-15-21-6-8-22(9-7-21)18-29-16-19(2)14-20(3)17-29;/h6-9,19-20,23H,5,10-18H2,1-4H3,(H2,26,27,28);1H. The molecule has 7 nitrogen and oxygen atoms in total. The lowest BCUT2D eigenvalue weighted by Crippen LogP contribution is -2.49. The molecule has 2 aliphatic rings. The van der Waals surface area contributed by atoms with E-state index in [2.05, 4.69) is 58.6 Å². The number of halogens is 1. The van der Waals surface area contributed by atoms with Gasteiger partial charge in [-0.3, -0.25) is 9.89 Å². The molecule has 2 fully saturated rings. The largest absolute Gasteiger partial charge is 0.450 e. The molecule has 0 radical (unpaired) electrons. The van der Waals surface area contributed by atoms with Crippen LogP contribution in [0.2, 0.25) is 0 Å². The Morgan fingerprint density at radius 2 is 1.70 bits per heavy atom. The third-order valence-electron chi connectivity index (χ3n) is 6.42. The zero-order valence-electron chi connectivity index (χ0n) is 20.7. The average molecular weight is 572 g/mol. The molecular formula is C25H42IN5O2. The third-order valence-corrected chi connectivity index (χ3v) is 6.42. The number of piperidine rings is 2. The van der Waals surface area contributed by atoms with Crippen LogP contribution in [-0.2, 0) is 17.8 Å². The molecule has 1 aromatic carbocycles. The molecule has 0 saturated carbocycles. The van der Waals surface area contributed by atoms with Crippen molar-refractivity contribution in [1.82, 2.24) is 20.4 Å². The zero-order chi connectivity index (χ0) is 22.9. The Bertz CT molecular complexity index is 740. The maximum atomic E-state index is 11.9. The molecular weight excluding hydrogens is 529 g/mol. The Morgan fingerprint density at radius 3 is 2.27 bits per heavy atom. The molecule has 2 aliphatic heterocycles. The molecule has 2 N–H and O–H groups in total. The number of rotatable bonds is 6. The minimum absolute atomic E-state index is 0. The SMILES string of the molecule is CCOC(=O)N1CCC(NC(=NC)NCc2ccc(CN3CC(C)CC(C)C3)cc2)CC1.I. The van der Waals surface area contributed by atoms with Crippen LogP contribution in [0.4, 0.5) is 4.79 Å². The van der Waals surface area contributed by atoms with Crippen molar-refractivity contribution in [3.63, 3.8) is 0 Å². The Balaban J connectivity index is 0.00000385. The molecule has 0 bridgehead atoms. The van der Waals surface area contributed by atoms with Crippen LogP contribution in [-0.4, -0.2) is 67.7 Å². The van der Waals surface area contributed by atoms with E-state index >= 15 is 0 Å². The van der Waals surface area contributed by atoms with Crippen molar-refractivity contribution < 1.29 is 9.53 Å². The number of aliphatic imine (C=N–C) groups is 1. The van der Waals surface area contributed by atoms with E-state index in [4.69, 9.17) is 4.74 Å². The first-order chi connectivity index (χ1) is 15.5. The lowest BCUT2D eigenvalue weighted by atomic mass is 9.91. The van der Waals surface area contributed by atoms with Gasteiger partial charge in [-0.15, -0.1) is 24.0 Å². The van der Waals surface area contributed by atoms with Crippen molar-refractivity contribution in [1.29, 1.82) is 0 Å². The highest BCUT2D eigenvalue weighted by molar-refractivity contribution is 14.0. The monoisotopic (exact) mass is 571 g/mol. The molecule has 1 amide bonds. The Kier molecular flexibility index (Phi) is 11.7. The van der Waals surface area contributed by atoms with Gasteiger partial charge in [0.15, 0.2) is 5.96 Å². The topological polar surface area (TPSA) is 69.2 Å². The number of ether oxygens (including phenoxy) is 1. The molecule has 0 spiro atoms. The van der Waals surface area contributed by atoms with E-state index in [1.54, 1.807) is 11.9 Å².